The van der Waals surface area contributed by atoms with E-state index < -0.39 is 0 Å². The number of hydrogen-bond acceptors (Lipinski definition) is 3. The summed E-state index contributed by atoms with van der Waals surface area (Å²) in [5.74, 6) is 1.04. The first-order valence-corrected chi connectivity index (χ1v) is 6.45. The number of nitrogens with one attached hydrogen (secondary N) is 2. The van der Waals surface area contributed by atoms with E-state index >= 15 is 0 Å². The van der Waals surface area contributed by atoms with Crippen LogP contribution in [-0.2, 0) is 4.79 Å². The molecule has 1 unspecified atom stereocenters. The van der Waals surface area contributed by atoms with Crippen LogP contribution in [0.1, 0.15) is 11.5 Å². The van der Waals surface area contributed by atoms with Crippen molar-refractivity contribution >= 4 is 30.1 Å². The highest BCUT2D eigenvalue weighted by molar-refractivity contribution is 7.99. The number of fused-ring (bicyclic) bond motifs is 1. The van der Waals surface area contributed by atoms with Gasteiger partial charge >= 0.3 is 0 Å². The molecule has 0 fully saturated rings. The lowest BCUT2D eigenvalue weighted by molar-refractivity contribution is -0.122. The van der Waals surface area contributed by atoms with E-state index in [-0.39, 0.29) is 24.2 Å². The Morgan fingerprint density at radius 3 is 2.94 bits per heavy atom. The molecule has 1 aliphatic rings. The third kappa shape index (κ3) is 3.37. The van der Waals surface area contributed by atoms with E-state index in [1.54, 1.807) is 11.8 Å². The second kappa shape index (κ2) is 6.89. The zero-order valence-corrected chi connectivity index (χ0v) is 11.4. The smallest absolute Gasteiger partial charge is 0.228 e. The van der Waals surface area contributed by atoms with Crippen LogP contribution in [0.5, 0.6) is 0 Å². The number of benzene rings is 1. The lowest BCUT2D eigenvalue weighted by Crippen LogP contribution is -2.34. The molecule has 2 rings (SSSR count). The van der Waals surface area contributed by atoms with Crippen LogP contribution in [0.25, 0.3) is 0 Å². The molecular formula is C12H17ClN2OS. The molecule has 1 heterocycles. The summed E-state index contributed by atoms with van der Waals surface area (Å²) in [5.41, 5.74) is 1.18. The van der Waals surface area contributed by atoms with Crippen molar-refractivity contribution in [2.45, 2.75) is 10.8 Å². The van der Waals surface area contributed by atoms with Gasteiger partial charge in [-0.25, -0.2) is 0 Å². The Morgan fingerprint density at radius 2 is 2.18 bits per heavy atom. The zero-order valence-electron chi connectivity index (χ0n) is 9.73. The molecule has 0 radical (unpaired) electrons. The molecule has 1 aliphatic heterocycles. The van der Waals surface area contributed by atoms with Crippen molar-refractivity contribution in [3.63, 3.8) is 0 Å². The van der Waals surface area contributed by atoms with Crippen LogP contribution in [0.15, 0.2) is 29.2 Å². The molecular weight excluding hydrogens is 256 g/mol. The van der Waals surface area contributed by atoms with Gasteiger partial charge in [0, 0.05) is 23.7 Å². The molecule has 2 N–H and O–H groups in total. The van der Waals surface area contributed by atoms with Gasteiger partial charge in [-0.2, -0.15) is 0 Å². The van der Waals surface area contributed by atoms with Gasteiger partial charge in [0.1, 0.15) is 0 Å². The van der Waals surface area contributed by atoms with Crippen molar-refractivity contribution in [2.75, 3.05) is 25.9 Å². The molecule has 3 nitrogen and oxygen atoms in total. The largest absolute Gasteiger partial charge is 0.354 e. The van der Waals surface area contributed by atoms with Gasteiger partial charge in [0.2, 0.25) is 5.91 Å². The number of hydrogen-bond donors (Lipinski definition) is 2. The van der Waals surface area contributed by atoms with Gasteiger partial charge in [-0.15, -0.1) is 24.2 Å². The molecule has 1 amide bonds. The zero-order chi connectivity index (χ0) is 11.4. The van der Waals surface area contributed by atoms with E-state index in [1.807, 2.05) is 19.2 Å². The highest BCUT2D eigenvalue weighted by Crippen LogP contribution is 2.39. The summed E-state index contributed by atoms with van der Waals surface area (Å²) in [6, 6.07) is 8.16. The van der Waals surface area contributed by atoms with Crippen molar-refractivity contribution < 1.29 is 4.79 Å². The van der Waals surface area contributed by atoms with Crippen molar-refractivity contribution in [3.05, 3.63) is 29.8 Å². The standard InChI is InChI=1S/C12H16N2OS.ClH/c1-13-6-7-14-12(15)10-8-16-11-5-3-2-4-9(10)11;/h2-5,10,13H,6-8H2,1H3,(H,14,15);1H. The Bertz CT molecular complexity index is 387. The van der Waals surface area contributed by atoms with Crippen LogP contribution in [0.2, 0.25) is 0 Å². The Morgan fingerprint density at radius 1 is 1.41 bits per heavy atom. The summed E-state index contributed by atoms with van der Waals surface area (Å²) >= 11 is 1.77. The fourth-order valence-electron chi connectivity index (χ4n) is 1.81. The van der Waals surface area contributed by atoms with Crippen molar-refractivity contribution in [2.24, 2.45) is 0 Å². The lowest BCUT2D eigenvalue weighted by Gasteiger charge is -2.11. The molecule has 17 heavy (non-hydrogen) atoms. The van der Waals surface area contributed by atoms with E-state index in [9.17, 15) is 4.79 Å². The molecule has 0 saturated carbocycles. The van der Waals surface area contributed by atoms with E-state index in [0.717, 1.165) is 12.3 Å². The summed E-state index contributed by atoms with van der Waals surface area (Å²) in [6.07, 6.45) is 0. The third-order valence-corrected chi connectivity index (χ3v) is 3.87. The molecule has 0 saturated heterocycles. The molecule has 5 heteroatoms. The van der Waals surface area contributed by atoms with Crippen LogP contribution in [-0.4, -0.2) is 31.8 Å². The van der Waals surface area contributed by atoms with Gasteiger partial charge in [0.25, 0.3) is 0 Å². The quantitative estimate of drug-likeness (QED) is 0.819. The molecule has 1 aromatic carbocycles. The minimum absolute atomic E-state index is 0. The number of amides is 1. The number of likely N-dealkylation sites (N-methyl/N-ethyl adjacent to an activating group) is 1. The monoisotopic (exact) mass is 272 g/mol. The van der Waals surface area contributed by atoms with Crippen LogP contribution in [0, 0.1) is 0 Å². The summed E-state index contributed by atoms with van der Waals surface area (Å²) in [7, 11) is 1.88. The molecule has 0 spiro atoms. The fourth-order valence-corrected chi connectivity index (χ4v) is 3.04. The minimum atomic E-state index is 0. The Hall–Kier alpha value is -0.710. The van der Waals surface area contributed by atoms with Crippen molar-refractivity contribution in [1.29, 1.82) is 0 Å². The maximum Gasteiger partial charge on any atom is 0.228 e. The maximum absolute atomic E-state index is 11.9. The minimum Gasteiger partial charge on any atom is -0.354 e. The van der Waals surface area contributed by atoms with Gasteiger partial charge in [-0.3, -0.25) is 4.79 Å². The maximum atomic E-state index is 11.9. The van der Waals surface area contributed by atoms with Gasteiger partial charge in [-0.05, 0) is 18.7 Å². The summed E-state index contributed by atoms with van der Waals surface area (Å²) < 4.78 is 0. The van der Waals surface area contributed by atoms with Crippen LogP contribution in [0.3, 0.4) is 0 Å². The number of thioether (sulfide) groups is 1. The number of halogens is 1. The molecule has 1 atom stereocenters. The van der Waals surface area contributed by atoms with Gasteiger partial charge in [0.05, 0.1) is 5.92 Å². The number of carbonyl (C=O) groups excluding carboxylic acids is 1. The fraction of sp³-hybridized carbons (Fsp3) is 0.417. The van der Waals surface area contributed by atoms with Crippen LogP contribution in [0.4, 0.5) is 0 Å². The average molecular weight is 273 g/mol. The molecule has 0 aromatic heterocycles. The molecule has 0 aliphatic carbocycles. The van der Waals surface area contributed by atoms with E-state index in [0.29, 0.717) is 6.54 Å². The highest BCUT2D eigenvalue weighted by atomic mass is 35.5. The SMILES string of the molecule is CNCCNC(=O)C1CSc2ccccc21.Cl. The first-order valence-electron chi connectivity index (χ1n) is 5.47. The number of carbonyl (C=O) groups is 1. The predicted octanol–water partition coefficient (Wildman–Crippen LogP) is 1.63. The number of rotatable bonds is 4. The summed E-state index contributed by atoms with van der Waals surface area (Å²) in [6.45, 7) is 1.51. The van der Waals surface area contributed by atoms with E-state index in [1.165, 1.54) is 10.5 Å². The lowest BCUT2D eigenvalue weighted by atomic mass is 10.0. The normalized spacial score (nSPS) is 17.1. The third-order valence-electron chi connectivity index (χ3n) is 2.69. The highest BCUT2D eigenvalue weighted by Gasteiger charge is 2.28. The second-order valence-corrected chi connectivity index (χ2v) is 4.86. The first-order chi connectivity index (χ1) is 7.83. The van der Waals surface area contributed by atoms with Crippen molar-refractivity contribution in [3.8, 4) is 0 Å². The van der Waals surface area contributed by atoms with Gasteiger partial charge < -0.3 is 10.6 Å². The summed E-state index contributed by atoms with van der Waals surface area (Å²) in [4.78, 5) is 13.2. The van der Waals surface area contributed by atoms with Crippen LogP contribution >= 0.6 is 24.2 Å². The molecule has 94 valence electrons. The van der Waals surface area contributed by atoms with E-state index in [4.69, 9.17) is 0 Å². The molecule has 0 bridgehead atoms. The van der Waals surface area contributed by atoms with Gasteiger partial charge in [-0.1, -0.05) is 18.2 Å². The van der Waals surface area contributed by atoms with Crippen LogP contribution < -0.4 is 10.6 Å². The Labute approximate surface area is 112 Å². The first kappa shape index (κ1) is 14.4. The molecule has 1 aromatic rings. The average Bonchev–Trinajstić information content (AvgIpc) is 2.73. The Balaban J connectivity index is 0.00000144. The van der Waals surface area contributed by atoms with E-state index in [2.05, 4.69) is 22.8 Å². The second-order valence-electron chi connectivity index (χ2n) is 3.80. The topological polar surface area (TPSA) is 41.1 Å². The van der Waals surface area contributed by atoms with Crippen molar-refractivity contribution in [1.82, 2.24) is 10.6 Å². The Kier molecular flexibility index (Phi) is 5.82. The predicted molar refractivity (Wildman–Crippen MR) is 74.1 cm³/mol. The summed E-state index contributed by atoms with van der Waals surface area (Å²) in [5, 5.41) is 5.96. The van der Waals surface area contributed by atoms with Gasteiger partial charge in [0.15, 0.2) is 0 Å².